The number of phenols is 1. The quantitative estimate of drug-likeness (QED) is 0.636. The molecule has 6 heteroatoms. The van der Waals surface area contributed by atoms with Gasteiger partial charge < -0.3 is 20.7 Å². The molecule has 1 atom stereocenters. The van der Waals surface area contributed by atoms with Gasteiger partial charge in [-0.3, -0.25) is 9.97 Å². The first-order valence-electron chi connectivity index (χ1n) is 5.33. The van der Waals surface area contributed by atoms with Gasteiger partial charge in [0.2, 0.25) is 6.33 Å². The predicted molar refractivity (Wildman–Crippen MR) is 62.1 cm³/mol. The van der Waals surface area contributed by atoms with E-state index in [0.29, 0.717) is 0 Å². The van der Waals surface area contributed by atoms with Crippen molar-refractivity contribution in [3.8, 4) is 5.75 Å². The average Bonchev–Trinajstić information content (AvgIpc) is 2.90. The van der Waals surface area contributed by atoms with Gasteiger partial charge in [-0.25, -0.2) is 0 Å². The summed E-state index contributed by atoms with van der Waals surface area (Å²) in [5.41, 5.74) is 6.02. The van der Waals surface area contributed by atoms with Crippen molar-refractivity contribution in [1.82, 2.24) is 4.98 Å². The topological polar surface area (TPSA) is 116 Å². The molecule has 18 heavy (non-hydrogen) atoms. The minimum Gasteiger partial charge on any atom is -0.548 e. The molecule has 5 N–H and O–H groups in total. The maximum absolute atomic E-state index is 10.3. The number of hydrogen-bond acceptors (Lipinski definition) is 4. The Kier molecular flexibility index (Phi) is 5.40. The van der Waals surface area contributed by atoms with Crippen LogP contribution in [0.3, 0.4) is 0 Å². The molecule has 0 fully saturated rings. The summed E-state index contributed by atoms with van der Waals surface area (Å²) >= 11 is 0. The second-order valence-electron chi connectivity index (χ2n) is 3.61. The van der Waals surface area contributed by atoms with E-state index in [1.165, 1.54) is 12.1 Å². The van der Waals surface area contributed by atoms with E-state index in [1.54, 1.807) is 18.5 Å². The van der Waals surface area contributed by atoms with E-state index in [2.05, 4.69) is 9.97 Å². The highest BCUT2D eigenvalue weighted by molar-refractivity contribution is 5.71. The van der Waals surface area contributed by atoms with Gasteiger partial charge in [0.25, 0.3) is 0 Å². The zero-order valence-corrected chi connectivity index (χ0v) is 9.67. The van der Waals surface area contributed by atoms with Gasteiger partial charge in [-0.15, -0.1) is 0 Å². The average molecular weight is 249 g/mol. The summed E-state index contributed by atoms with van der Waals surface area (Å²) in [5.74, 6) is -1.13. The van der Waals surface area contributed by atoms with Crippen LogP contribution in [0.15, 0.2) is 43.0 Å². The Hall–Kier alpha value is -2.34. The van der Waals surface area contributed by atoms with E-state index < -0.39 is 12.0 Å². The third-order valence-corrected chi connectivity index (χ3v) is 2.14. The lowest BCUT2D eigenvalue weighted by atomic mass is 10.1. The number of carboxylic acids is 1. The second-order valence-corrected chi connectivity index (χ2v) is 3.61. The zero-order chi connectivity index (χ0) is 13.4. The van der Waals surface area contributed by atoms with Gasteiger partial charge in [0.1, 0.15) is 18.1 Å². The number of nitrogens with one attached hydrogen (secondary N) is 2. The molecule has 0 amide bonds. The third kappa shape index (κ3) is 5.13. The number of carboxylic acid groups (broad SMARTS) is 1. The number of hydrogen-bond donors (Lipinski definition) is 3. The number of rotatable bonds is 3. The predicted octanol–water partition coefficient (Wildman–Crippen LogP) is -1.16. The van der Waals surface area contributed by atoms with Gasteiger partial charge in [-0.05, 0) is 24.1 Å². The van der Waals surface area contributed by atoms with E-state index in [1.807, 2.05) is 12.4 Å². The van der Waals surface area contributed by atoms with Crippen LogP contribution in [0.5, 0.6) is 5.75 Å². The van der Waals surface area contributed by atoms with E-state index in [-0.39, 0.29) is 12.2 Å². The highest BCUT2D eigenvalue weighted by atomic mass is 16.4. The number of carbonyl (C=O) groups excluding carboxylic acids is 1. The van der Waals surface area contributed by atoms with Crippen LogP contribution in [-0.4, -0.2) is 22.1 Å². The van der Waals surface area contributed by atoms with Crippen molar-refractivity contribution in [3.05, 3.63) is 48.5 Å². The maximum atomic E-state index is 10.3. The Bertz CT molecular complexity index is 437. The summed E-state index contributed by atoms with van der Waals surface area (Å²) in [7, 11) is 0. The summed E-state index contributed by atoms with van der Waals surface area (Å²) in [4.78, 5) is 15.9. The second kappa shape index (κ2) is 7.08. The molecule has 96 valence electrons. The molecule has 0 aliphatic heterocycles. The molecule has 1 heterocycles. The largest absolute Gasteiger partial charge is 0.548 e. The first-order chi connectivity index (χ1) is 8.59. The first-order valence-corrected chi connectivity index (χ1v) is 5.33. The number of aromatic hydroxyl groups is 1. The Labute approximate surface area is 104 Å². The number of nitrogens with two attached hydrogens (primary N) is 1. The molecule has 1 aromatic carbocycles. The molecule has 1 aromatic heterocycles. The molecular weight excluding hydrogens is 234 g/mol. The lowest BCUT2D eigenvalue weighted by Gasteiger charge is -2.11. The van der Waals surface area contributed by atoms with Crippen LogP contribution >= 0.6 is 0 Å². The molecule has 0 bridgehead atoms. The monoisotopic (exact) mass is 249 g/mol. The summed E-state index contributed by atoms with van der Waals surface area (Å²) in [6.07, 6.45) is 5.60. The first kappa shape index (κ1) is 13.7. The Balaban J connectivity index is 0.000000269. The van der Waals surface area contributed by atoms with E-state index in [9.17, 15) is 9.90 Å². The van der Waals surface area contributed by atoms with Crippen molar-refractivity contribution in [1.29, 1.82) is 0 Å². The fourth-order valence-corrected chi connectivity index (χ4v) is 1.21. The minimum absolute atomic E-state index is 0.144. The standard InChI is InChI=1S/C9H11NO3.C3H4N2/c10-8(9(12)13)5-6-1-3-7(11)4-2-6;1-2-5-3-4-1/h1-4,8,11H,5,10H2,(H,12,13);1-3H,(H,4,5)/t8-;/m0./s1. The molecule has 0 spiro atoms. The van der Waals surface area contributed by atoms with Gasteiger partial charge in [0.15, 0.2) is 0 Å². The van der Waals surface area contributed by atoms with Crippen LogP contribution < -0.4 is 15.8 Å². The maximum Gasteiger partial charge on any atom is 0.239 e. The molecule has 0 saturated heterocycles. The van der Waals surface area contributed by atoms with Crippen LogP contribution in [0.25, 0.3) is 0 Å². The summed E-state index contributed by atoms with van der Waals surface area (Å²) in [6, 6.07) is 5.22. The summed E-state index contributed by atoms with van der Waals surface area (Å²) in [5, 5.41) is 19.2. The summed E-state index contributed by atoms with van der Waals surface area (Å²) in [6.45, 7) is 0. The molecule has 0 saturated carbocycles. The number of imidazole rings is 1. The molecule has 0 radical (unpaired) electrons. The molecule has 0 aliphatic carbocycles. The number of aromatic amines is 2. The number of carbonyl (C=O) groups is 1. The third-order valence-electron chi connectivity index (χ3n) is 2.14. The van der Waals surface area contributed by atoms with Crippen molar-refractivity contribution in [2.24, 2.45) is 5.73 Å². The van der Waals surface area contributed by atoms with Gasteiger partial charge in [-0.1, -0.05) is 12.1 Å². The lowest BCUT2D eigenvalue weighted by Crippen LogP contribution is -2.43. The van der Waals surface area contributed by atoms with E-state index in [4.69, 9.17) is 10.8 Å². The fraction of sp³-hybridized carbons (Fsp3) is 0.167. The Morgan fingerprint density at radius 1 is 1.44 bits per heavy atom. The molecule has 2 rings (SSSR count). The van der Waals surface area contributed by atoms with Crippen molar-refractivity contribution in [3.63, 3.8) is 0 Å². The molecule has 6 nitrogen and oxygen atoms in total. The Morgan fingerprint density at radius 2 is 2.11 bits per heavy atom. The SMILES string of the molecule is N[C@@H](Cc1ccc(O)cc1)C(=O)[O-].c1c[nH+]c[nH]1. The van der Waals surface area contributed by atoms with Crippen molar-refractivity contribution in [2.75, 3.05) is 0 Å². The van der Waals surface area contributed by atoms with Crippen LogP contribution in [0.4, 0.5) is 0 Å². The summed E-state index contributed by atoms with van der Waals surface area (Å²) < 4.78 is 0. The number of benzene rings is 1. The highest BCUT2D eigenvalue weighted by Crippen LogP contribution is 2.10. The zero-order valence-electron chi connectivity index (χ0n) is 9.67. The van der Waals surface area contributed by atoms with Gasteiger partial charge in [0.05, 0.1) is 5.97 Å². The number of phenolic OH excluding ortho intramolecular Hbond substituents is 1. The van der Waals surface area contributed by atoms with Crippen LogP contribution in [-0.2, 0) is 11.2 Å². The van der Waals surface area contributed by atoms with Crippen molar-refractivity contribution in [2.45, 2.75) is 12.5 Å². The molecular formula is C12H15N3O3. The van der Waals surface area contributed by atoms with Crippen molar-refractivity contribution < 1.29 is 20.0 Å². The Morgan fingerprint density at radius 3 is 2.50 bits per heavy atom. The van der Waals surface area contributed by atoms with E-state index in [0.717, 1.165) is 5.56 Å². The molecule has 0 unspecified atom stereocenters. The van der Waals surface area contributed by atoms with Crippen LogP contribution in [0.2, 0.25) is 0 Å². The highest BCUT2D eigenvalue weighted by Gasteiger charge is 2.04. The van der Waals surface area contributed by atoms with Crippen LogP contribution in [0, 0.1) is 0 Å². The number of aromatic nitrogens is 2. The molecule has 2 aromatic rings. The minimum atomic E-state index is -1.27. The van der Waals surface area contributed by atoms with Gasteiger partial charge >= 0.3 is 0 Å². The normalized spacial score (nSPS) is 11.2. The smallest absolute Gasteiger partial charge is 0.239 e. The van der Waals surface area contributed by atoms with E-state index >= 15 is 0 Å². The number of H-pyrrole nitrogens is 2. The van der Waals surface area contributed by atoms with Crippen LogP contribution in [0.1, 0.15) is 5.56 Å². The number of aliphatic carboxylic acids is 1. The van der Waals surface area contributed by atoms with Gasteiger partial charge in [0, 0.05) is 6.04 Å². The molecule has 0 aliphatic rings. The lowest BCUT2D eigenvalue weighted by molar-refractivity contribution is -0.375. The van der Waals surface area contributed by atoms with Crippen molar-refractivity contribution >= 4 is 5.97 Å². The van der Waals surface area contributed by atoms with Gasteiger partial charge in [-0.2, -0.15) is 0 Å². The fourth-order valence-electron chi connectivity index (χ4n) is 1.21.